The molecule has 1 aromatic carbocycles. The highest BCUT2D eigenvalue weighted by Crippen LogP contribution is 2.18. The number of carbonyl (C=O) groups excluding carboxylic acids is 1. The highest BCUT2D eigenvalue weighted by Gasteiger charge is 2.19. The molecule has 112 valence electrons. The molecule has 0 saturated heterocycles. The van der Waals surface area contributed by atoms with Crippen molar-refractivity contribution in [2.45, 2.75) is 39.0 Å². The maximum atomic E-state index is 13.6. The lowest BCUT2D eigenvalue weighted by atomic mass is 9.99. The Balaban J connectivity index is 2.70. The summed E-state index contributed by atoms with van der Waals surface area (Å²) in [5.41, 5.74) is 0.0799. The van der Waals surface area contributed by atoms with Crippen LogP contribution in [-0.2, 0) is 0 Å². The quantitative estimate of drug-likeness (QED) is 0.789. The summed E-state index contributed by atoms with van der Waals surface area (Å²) in [7, 11) is 0. The molecule has 0 aliphatic carbocycles. The monoisotopic (exact) mass is 303 g/mol. The molecule has 5 heteroatoms. The summed E-state index contributed by atoms with van der Waals surface area (Å²) in [4.78, 5) is 11.9. The molecule has 1 atom stereocenters. The third-order valence-corrected chi connectivity index (χ3v) is 4.02. The zero-order valence-electron chi connectivity index (χ0n) is 12.0. The van der Waals surface area contributed by atoms with Gasteiger partial charge < -0.3 is 5.32 Å². The van der Waals surface area contributed by atoms with Gasteiger partial charge in [-0.25, -0.2) is 8.78 Å². The molecule has 0 radical (unpaired) electrons. The van der Waals surface area contributed by atoms with Crippen LogP contribution in [0.1, 0.15) is 42.6 Å². The Morgan fingerprint density at radius 2 is 1.85 bits per heavy atom. The van der Waals surface area contributed by atoms with Gasteiger partial charge in [0.2, 0.25) is 0 Å². The first-order valence-corrected chi connectivity index (χ1v) is 7.22. The van der Waals surface area contributed by atoms with E-state index in [1.807, 2.05) is 13.8 Å². The third kappa shape index (κ3) is 4.17. The summed E-state index contributed by atoms with van der Waals surface area (Å²) >= 11 is 6.21. The Bertz CT molecular complexity index is 475. The summed E-state index contributed by atoms with van der Waals surface area (Å²) < 4.78 is 26.7. The molecule has 0 bridgehead atoms. The highest BCUT2D eigenvalue weighted by molar-refractivity contribution is 6.21. The summed E-state index contributed by atoms with van der Waals surface area (Å²) in [6.07, 6.45) is 1.84. The molecule has 1 rings (SSSR count). The van der Waals surface area contributed by atoms with Crippen molar-refractivity contribution in [1.82, 2.24) is 5.32 Å². The number of alkyl halides is 1. The van der Waals surface area contributed by atoms with E-state index < -0.39 is 17.5 Å². The van der Waals surface area contributed by atoms with Gasteiger partial charge in [-0.1, -0.05) is 26.7 Å². The molecule has 0 spiro atoms. The Morgan fingerprint density at radius 1 is 1.25 bits per heavy atom. The number of nitrogens with one attached hydrogen (secondary N) is 1. The number of aryl methyl sites for hydroxylation is 1. The molecular weight excluding hydrogens is 284 g/mol. The minimum absolute atomic E-state index is 0.155. The summed E-state index contributed by atoms with van der Waals surface area (Å²) in [5.74, 6) is -1.79. The Kier molecular flexibility index (Phi) is 6.40. The number of carbonyl (C=O) groups is 1. The maximum Gasteiger partial charge on any atom is 0.254 e. The largest absolute Gasteiger partial charge is 0.350 e. The lowest BCUT2D eigenvalue weighted by Crippen LogP contribution is -2.33. The zero-order chi connectivity index (χ0) is 15.3. The van der Waals surface area contributed by atoms with Gasteiger partial charge in [0.15, 0.2) is 0 Å². The van der Waals surface area contributed by atoms with E-state index in [2.05, 4.69) is 5.32 Å². The van der Waals surface area contributed by atoms with E-state index in [0.717, 1.165) is 18.9 Å². The first kappa shape index (κ1) is 16.9. The van der Waals surface area contributed by atoms with Crippen LogP contribution in [0.4, 0.5) is 8.78 Å². The van der Waals surface area contributed by atoms with E-state index in [9.17, 15) is 13.6 Å². The maximum absolute atomic E-state index is 13.6. The van der Waals surface area contributed by atoms with Crippen molar-refractivity contribution in [2.75, 3.05) is 6.54 Å². The van der Waals surface area contributed by atoms with Gasteiger partial charge in [0.25, 0.3) is 5.91 Å². The van der Waals surface area contributed by atoms with Gasteiger partial charge in [-0.2, -0.15) is 0 Å². The van der Waals surface area contributed by atoms with Gasteiger partial charge in [0.1, 0.15) is 11.6 Å². The SMILES string of the molecule is CCC(CC)C(Cl)CNC(=O)c1cc(C)c(F)cc1F. The summed E-state index contributed by atoms with van der Waals surface area (Å²) in [5, 5.41) is 2.41. The van der Waals surface area contributed by atoms with Gasteiger partial charge in [0.05, 0.1) is 10.9 Å². The number of halogens is 3. The highest BCUT2D eigenvalue weighted by atomic mass is 35.5. The Labute approximate surface area is 123 Å². The van der Waals surface area contributed by atoms with Crippen LogP contribution in [0.25, 0.3) is 0 Å². The lowest BCUT2D eigenvalue weighted by Gasteiger charge is -2.19. The van der Waals surface area contributed by atoms with Gasteiger partial charge in [-0.05, 0) is 24.5 Å². The fourth-order valence-electron chi connectivity index (χ4n) is 2.08. The molecule has 0 aliphatic rings. The van der Waals surface area contributed by atoms with E-state index in [4.69, 9.17) is 11.6 Å². The van der Waals surface area contributed by atoms with Crippen LogP contribution in [-0.4, -0.2) is 17.8 Å². The lowest BCUT2D eigenvalue weighted by molar-refractivity contribution is 0.0947. The first-order valence-electron chi connectivity index (χ1n) is 6.78. The molecule has 0 heterocycles. The number of hydrogen-bond donors (Lipinski definition) is 1. The van der Waals surface area contributed by atoms with E-state index >= 15 is 0 Å². The van der Waals surface area contributed by atoms with E-state index in [1.165, 1.54) is 13.0 Å². The minimum atomic E-state index is -0.862. The van der Waals surface area contributed by atoms with E-state index in [1.54, 1.807) is 0 Å². The smallest absolute Gasteiger partial charge is 0.254 e. The molecule has 0 aromatic heterocycles. The van der Waals surface area contributed by atoms with Crippen molar-refractivity contribution in [3.05, 3.63) is 34.9 Å². The van der Waals surface area contributed by atoms with Crippen molar-refractivity contribution in [3.63, 3.8) is 0 Å². The molecule has 1 amide bonds. The average molecular weight is 304 g/mol. The second-order valence-electron chi connectivity index (χ2n) is 4.88. The third-order valence-electron chi connectivity index (χ3n) is 3.51. The van der Waals surface area contributed by atoms with Gasteiger partial charge >= 0.3 is 0 Å². The van der Waals surface area contributed by atoms with Crippen molar-refractivity contribution >= 4 is 17.5 Å². The number of hydrogen-bond acceptors (Lipinski definition) is 1. The fourth-order valence-corrected chi connectivity index (χ4v) is 2.52. The van der Waals surface area contributed by atoms with E-state index in [-0.39, 0.29) is 23.0 Å². The van der Waals surface area contributed by atoms with Crippen LogP contribution in [0, 0.1) is 24.5 Å². The van der Waals surface area contributed by atoms with Gasteiger partial charge in [-0.15, -0.1) is 11.6 Å². The predicted molar refractivity (Wildman–Crippen MR) is 77.1 cm³/mol. The summed E-state index contributed by atoms with van der Waals surface area (Å²) in [6.45, 7) is 5.82. The first-order chi connectivity index (χ1) is 9.40. The van der Waals surface area contributed by atoms with Crippen LogP contribution in [0.2, 0.25) is 0 Å². The predicted octanol–water partition coefficient (Wildman–Crippen LogP) is 4.05. The fraction of sp³-hybridized carbons (Fsp3) is 0.533. The van der Waals surface area contributed by atoms with Gasteiger partial charge in [-0.3, -0.25) is 4.79 Å². The molecule has 2 nitrogen and oxygen atoms in total. The van der Waals surface area contributed by atoms with Crippen molar-refractivity contribution < 1.29 is 13.6 Å². The topological polar surface area (TPSA) is 29.1 Å². The molecule has 0 saturated carbocycles. The molecular formula is C15H20ClF2NO. The Hall–Kier alpha value is -1.16. The second-order valence-corrected chi connectivity index (χ2v) is 5.44. The molecule has 0 fully saturated rings. The standard InChI is InChI=1S/C15H20ClF2NO/c1-4-10(5-2)12(16)8-19-15(20)11-6-9(3)13(17)7-14(11)18/h6-7,10,12H,4-5,8H2,1-3H3,(H,19,20). The van der Waals surface area contributed by atoms with Crippen LogP contribution < -0.4 is 5.32 Å². The molecule has 0 aliphatic heterocycles. The van der Waals surface area contributed by atoms with E-state index in [0.29, 0.717) is 5.92 Å². The number of benzene rings is 1. The summed E-state index contributed by atoms with van der Waals surface area (Å²) in [6, 6.07) is 1.93. The normalized spacial score (nSPS) is 12.6. The molecule has 1 aromatic rings. The molecule has 1 unspecified atom stereocenters. The number of amides is 1. The van der Waals surface area contributed by atoms with Crippen molar-refractivity contribution in [2.24, 2.45) is 5.92 Å². The zero-order valence-corrected chi connectivity index (χ0v) is 12.7. The molecule has 1 N–H and O–H groups in total. The number of rotatable bonds is 6. The average Bonchev–Trinajstić information content (AvgIpc) is 2.41. The Morgan fingerprint density at radius 3 is 2.40 bits per heavy atom. The van der Waals surface area contributed by atoms with Crippen molar-refractivity contribution in [1.29, 1.82) is 0 Å². The van der Waals surface area contributed by atoms with Crippen LogP contribution in [0.5, 0.6) is 0 Å². The van der Waals surface area contributed by atoms with Crippen LogP contribution in [0.15, 0.2) is 12.1 Å². The van der Waals surface area contributed by atoms with Gasteiger partial charge in [0, 0.05) is 12.6 Å². The van der Waals surface area contributed by atoms with Crippen molar-refractivity contribution in [3.8, 4) is 0 Å². The molecule has 20 heavy (non-hydrogen) atoms. The van der Waals surface area contributed by atoms with Crippen LogP contribution >= 0.6 is 11.6 Å². The van der Waals surface area contributed by atoms with Crippen LogP contribution in [0.3, 0.4) is 0 Å². The second kappa shape index (κ2) is 7.58. The minimum Gasteiger partial charge on any atom is -0.350 e.